The van der Waals surface area contributed by atoms with Crippen molar-refractivity contribution in [1.29, 1.82) is 0 Å². The van der Waals surface area contributed by atoms with Crippen LogP contribution in [0, 0.1) is 10.1 Å². The van der Waals surface area contributed by atoms with Gasteiger partial charge in [0, 0.05) is 35.3 Å². The molecule has 0 aliphatic carbocycles. The van der Waals surface area contributed by atoms with E-state index in [1.165, 1.54) is 37.6 Å². The summed E-state index contributed by atoms with van der Waals surface area (Å²) in [7, 11) is 1.20. The Kier molecular flexibility index (Phi) is 5.91. The quantitative estimate of drug-likeness (QED) is 0.454. The Labute approximate surface area is 172 Å². The van der Waals surface area contributed by atoms with Gasteiger partial charge in [-0.25, -0.2) is 14.6 Å². The maximum atomic E-state index is 13.1. The second-order valence-corrected chi connectivity index (χ2v) is 6.50. The van der Waals surface area contributed by atoms with Crippen molar-refractivity contribution in [1.82, 2.24) is 10.3 Å². The highest BCUT2D eigenvalue weighted by atomic mass is 16.6. The van der Waals surface area contributed by atoms with Gasteiger partial charge in [-0.3, -0.25) is 10.1 Å². The van der Waals surface area contributed by atoms with E-state index in [-0.39, 0.29) is 28.3 Å². The maximum Gasteiger partial charge on any atom is 0.343 e. The third kappa shape index (κ3) is 3.90. The number of pyridine rings is 1. The number of methoxy groups -OCH3 is 1. The summed E-state index contributed by atoms with van der Waals surface area (Å²) in [4.78, 5) is 40.8. The Morgan fingerprint density at radius 1 is 1.03 bits per heavy atom. The number of ether oxygens (including phenoxy) is 2. The summed E-state index contributed by atoms with van der Waals surface area (Å²) >= 11 is 0. The minimum atomic E-state index is -1.06. The minimum Gasteiger partial charge on any atom is -0.466 e. The Hall–Kier alpha value is -4.01. The molecule has 0 saturated carbocycles. The van der Waals surface area contributed by atoms with Gasteiger partial charge in [-0.1, -0.05) is 24.3 Å². The second-order valence-electron chi connectivity index (χ2n) is 6.50. The molecule has 1 aliphatic heterocycles. The highest BCUT2D eigenvalue weighted by Crippen LogP contribution is 2.42. The van der Waals surface area contributed by atoms with Crippen LogP contribution >= 0.6 is 0 Å². The fourth-order valence-corrected chi connectivity index (χ4v) is 3.41. The number of allylic oxidation sites excluding steroid dienone is 2. The van der Waals surface area contributed by atoms with Crippen LogP contribution in [-0.2, 0) is 14.3 Å². The zero-order valence-electron chi connectivity index (χ0n) is 16.5. The number of nitro groups is 1. The van der Waals surface area contributed by atoms with Gasteiger partial charge in [0.05, 0.1) is 29.1 Å². The number of hydrogen-bond donors (Lipinski definition) is 1. The topological polar surface area (TPSA) is 121 Å². The average molecular weight is 409 g/mol. The molecule has 0 bridgehead atoms. The van der Waals surface area contributed by atoms with Crippen molar-refractivity contribution < 1.29 is 24.0 Å². The molecular weight excluding hydrogens is 390 g/mol. The fourth-order valence-electron chi connectivity index (χ4n) is 3.41. The predicted octanol–water partition coefficient (Wildman–Crippen LogP) is 3.00. The highest BCUT2D eigenvalue weighted by molar-refractivity contribution is 6.00. The van der Waals surface area contributed by atoms with Gasteiger partial charge in [0.1, 0.15) is 0 Å². The number of carbonyl (C=O) groups is 2. The number of para-hydroxylation sites is 1. The summed E-state index contributed by atoms with van der Waals surface area (Å²) in [6, 6.07) is 10.8. The number of hydrogen-bond acceptors (Lipinski definition) is 8. The molecule has 9 heteroatoms. The van der Waals surface area contributed by atoms with E-state index in [9.17, 15) is 19.7 Å². The molecule has 154 valence electrons. The third-order valence-corrected chi connectivity index (χ3v) is 4.67. The van der Waals surface area contributed by atoms with Gasteiger partial charge >= 0.3 is 11.9 Å². The number of nitro benzene ring substituents is 1. The first-order valence-electron chi connectivity index (χ1n) is 8.98. The summed E-state index contributed by atoms with van der Waals surface area (Å²) in [5.41, 5.74) is 0.929. The minimum absolute atomic E-state index is 0.0564. The Morgan fingerprint density at radius 2 is 1.67 bits per heavy atom. The van der Waals surface area contributed by atoms with Crippen LogP contribution in [0.15, 0.2) is 71.2 Å². The van der Waals surface area contributed by atoms with E-state index in [0.29, 0.717) is 11.4 Å². The molecule has 1 aliphatic rings. The van der Waals surface area contributed by atoms with Crippen molar-refractivity contribution in [2.45, 2.75) is 19.8 Å². The van der Waals surface area contributed by atoms with Gasteiger partial charge in [-0.2, -0.15) is 0 Å². The predicted molar refractivity (Wildman–Crippen MR) is 106 cm³/mol. The molecular formula is C21H19N3O6. The van der Waals surface area contributed by atoms with Crippen molar-refractivity contribution >= 4 is 17.6 Å². The number of benzene rings is 1. The standard InChI is InChI=1S/C21H19N3O6/c1-12-17(20(25)29-3)19(14-8-4-5-9-15(14)24(27)28)18(13(2)23-12)21(26)30-16-10-6-7-11-22-16/h4-11,19,23H,1-3H3. The Bertz CT molecular complexity index is 1080. The molecule has 1 aromatic heterocycles. The van der Waals surface area contributed by atoms with Crippen LogP contribution in [0.25, 0.3) is 0 Å². The molecule has 0 spiro atoms. The first-order valence-corrected chi connectivity index (χ1v) is 8.98. The largest absolute Gasteiger partial charge is 0.466 e. The van der Waals surface area contributed by atoms with Crippen molar-refractivity contribution in [2.24, 2.45) is 0 Å². The normalized spacial score (nSPS) is 16.0. The van der Waals surface area contributed by atoms with E-state index in [1.54, 1.807) is 32.0 Å². The number of rotatable bonds is 5. The van der Waals surface area contributed by atoms with Crippen molar-refractivity contribution in [2.75, 3.05) is 7.11 Å². The first kappa shape index (κ1) is 20.7. The number of dihydropyridines is 1. The summed E-state index contributed by atoms with van der Waals surface area (Å²) in [6.07, 6.45) is 1.46. The van der Waals surface area contributed by atoms with E-state index >= 15 is 0 Å². The smallest absolute Gasteiger partial charge is 0.343 e. The molecule has 1 aromatic carbocycles. The number of nitrogens with one attached hydrogen (secondary N) is 1. The SMILES string of the molecule is COC(=O)C1=C(C)NC(C)=C(C(=O)Oc2ccccn2)C1c1ccccc1[N+](=O)[O-]. The molecule has 2 heterocycles. The molecule has 0 fully saturated rings. The third-order valence-electron chi connectivity index (χ3n) is 4.67. The first-order chi connectivity index (χ1) is 14.3. The van der Waals surface area contributed by atoms with Gasteiger partial charge in [0.25, 0.3) is 5.69 Å². The molecule has 3 rings (SSSR count). The highest BCUT2D eigenvalue weighted by Gasteiger charge is 2.40. The van der Waals surface area contributed by atoms with Crippen LogP contribution in [0.4, 0.5) is 5.69 Å². The molecule has 0 saturated heterocycles. The van der Waals surface area contributed by atoms with Crippen LogP contribution < -0.4 is 10.1 Å². The van der Waals surface area contributed by atoms with Crippen LogP contribution in [0.5, 0.6) is 5.88 Å². The van der Waals surface area contributed by atoms with Gasteiger partial charge < -0.3 is 14.8 Å². The summed E-state index contributed by atoms with van der Waals surface area (Å²) in [6.45, 7) is 3.27. The van der Waals surface area contributed by atoms with Crippen LogP contribution in [0.2, 0.25) is 0 Å². The van der Waals surface area contributed by atoms with Crippen LogP contribution in [0.3, 0.4) is 0 Å². The number of nitrogens with zero attached hydrogens (tertiary/aromatic N) is 2. The summed E-state index contributed by atoms with van der Waals surface area (Å²) < 4.78 is 10.3. The molecule has 1 atom stereocenters. The zero-order chi connectivity index (χ0) is 21.8. The van der Waals surface area contributed by atoms with E-state index < -0.39 is 22.8 Å². The average Bonchev–Trinajstić information content (AvgIpc) is 2.73. The lowest BCUT2D eigenvalue weighted by atomic mass is 9.79. The lowest BCUT2D eigenvalue weighted by Crippen LogP contribution is -2.33. The van der Waals surface area contributed by atoms with Gasteiger partial charge in [-0.05, 0) is 19.9 Å². The maximum absolute atomic E-state index is 13.1. The molecule has 1 N–H and O–H groups in total. The Morgan fingerprint density at radius 3 is 2.27 bits per heavy atom. The molecule has 0 amide bonds. The second kappa shape index (κ2) is 8.56. The summed E-state index contributed by atoms with van der Waals surface area (Å²) in [5.74, 6) is -2.49. The van der Waals surface area contributed by atoms with Crippen LogP contribution in [-0.4, -0.2) is 29.0 Å². The van der Waals surface area contributed by atoms with E-state index in [4.69, 9.17) is 9.47 Å². The fraction of sp³-hybridized carbons (Fsp3) is 0.190. The van der Waals surface area contributed by atoms with Gasteiger partial charge in [0.15, 0.2) is 0 Å². The number of esters is 2. The Balaban J connectivity index is 2.18. The lowest BCUT2D eigenvalue weighted by molar-refractivity contribution is -0.385. The lowest BCUT2D eigenvalue weighted by Gasteiger charge is -2.29. The molecule has 9 nitrogen and oxygen atoms in total. The van der Waals surface area contributed by atoms with Gasteiger partial charge in [0.2, 0.25) is 5.88 Å². The number of aromatic nitrogens is 1. The summed E-state index contributed by atoms with van der Waals surface area (Å²) in [5, 5.41) is 14.6. The van der Waals surface area contributed by atoms with E-state index in [1.807, 2.05) is 0 Å². The van der Waals surface area contributed by atoms with Crippen LogP contribution in [0.1, 0.15) is 25.3 Å². The molecule has 0 radical (unpaired) electrons. The zero-order valence-corrected chi connectivity index (χ0v) is 16.5. The van der Waals surface area contributed by atoms with Gasteiger partial charge in [-0.15, -0.1) is 0 Å². The molecule has 1 unspecified atom stereocenters. The number of carbonyl (C=O) groups excluding carboxylic acids is 2. The van der Waals surface area contributed by atoms with Crippen molar-refractivity contribution in [3.8, 4) is 5.88 Å². The van der Waals surface area contributed by atoms with E-state index in [2.05, 4.69) is 10.3 Å². The van der Waals surface area contributed by atoms with E-state index in [0.717, 1.165) is 0 Å². The monoisotopic (exact) mass is 409 g/mol. The molecule has 30 heavy (non-hydrogen) atoms. The van der Waals surface area contributed by atoms with Crippen molar-refractivity contribution in [3.05, 3.63) is 86.9 Å². The molecule has 2 aromatic rings. The van der Waals surface area contributed by atoms with Crippen molar-refractivity contribution in [3.63, 3.8) is 0 Å².